The largest absolute Gasteiger partial charge is 0.612 e. The summed E-state index contributed by atoms with van der Waals surface area (Å²) in [6.45, 7) is 6.03. The summed E-state index contributed by atoms with van der Waals surface area (Å²) in [6.07, 6.45) is 3.74. The van der Waals surface area contributed by atoms with Gasteiger partial charge in [0.05, 0.1) is 19.4 Å². The summed E-state index contributed by atoms with van der Waals surface area (Å²) >= 11 is -1.04. The fourth-order valence-corrected chi connectivity index (χ4v) is 5.95. The minimum Gasteiger partial charge on any atom is -0.612 e. The molecule has 0 amide bonds. The fourth-order valence-electron chi connectivity index (χ4n) is 3.60. The molecule has 0 spiro atoms. The van der Waals surface area contributed by atoms with Crippen LogP contribution in [0.1, 0.15) is 37.5 Å². The molecule has 0 fully saturated rings. The minimum atomic E-state index is -3.34. The topological polar surface area (TPSA) is 58.6 Å². The van der Waals surface area contributed by atoms with Gasteiger partial charge in [0.2, 0.25) is 0 Å². The predicted molar refractivity (Wildman–Crippen MR) is 121 cm³/mol. The van der Waals surface area contributed by atoms with E-state index in [0.717, 1.165) is 32.7 Å². The van der Waals surface area contributed by atoms with Gasteiger partial charge in [-0.25, -0.2) is 4.39 Å². The van der Waals surface area contributed by atoms with E-state index in [1.165, 1.54) is 12.1 Å². The van der Waals surface area contributed by atoms with Crippen molar-refractivity contribution in [3.8, 4) is 0 Å². The molecule has 1 aliphatic carbocycles. The number of allylic oxidation sites excluding steroid dienone is 3. The third kappa shape index (κ3) is 4.96. The Bertz CT molecular complexity index is 1020. The van der Waals surface area contributed by atoms with Crippen LogP contribution in [-0.2, 0) is 24.8 Å². The summed E-state index contributed by atoms with van der Waals surface area (Å²) in [7, 11) is -3.34. The molecule has 30 heavy (non-hydrogen) atoms. The van der Waals surface area contributed by atoms with E-state index in [1.807, 2.05) is 37.3 Å². The summed E-state index contributed by atoms with van der Waals surface area (Å²) in [6, 6.07) is 12.1. The Morgan fingerprint density at radius 1 is 1.07 bits per heavy atom. The molecule has 0 bridgehead atoms. The highest BCUT2D eigenvalue weighted by Gasteiger charge is 2.32. The molecule has 0 saturated heterocycles. The highest BCUT2D eigenvalue weighted by atomic mass is 32.2. The van der Waals surface area contributed by atoms with Crippen LogP contribution < -0.4 is 0 Å². The van der Waals surface area contributed by atoms with Crippen molar-refractivity contribution < 1.29 is 22.6 Å². The van der Waals surface area contributed by atoms with Gasteiger partial charge in [-0.3, -0.25) is 4.57 Å². The van der Waals surface area contributed by atoms with Crippen molar-refractivity contribution in [2.45, 2.75) is 25.7 Å². The van der Waals surface area contributed by atoms with Crippen LogP contribution in [0.4, 0.5) is 4.39 Å². The first-order chi connectivity index (χ1) is 14.3. The van der Waals surface area contributed by atoms with Crippen LogP contribution in [0.5, 0.6) is 0 Å². The minimum absolute atomic E-state index is 0.0854. The average Bonchev–Trinajstić information content (AvgIpc) is 2.93. The molecule has 0 saturated carbocycles. The Morgan fingerprint density at radius 3 is 2.27 bits per heavy atom. The Labute approximate surface area is 180 Å². The number of fused-ring (bicyclic) bond motifs is 1. The molecule has 0 N–H and O–H groups in total. The van der Waals surface area contributed by atoms with Crippen molar-refractivity contribution in [1.82, 2.24) is 0 Å². The number of benzene rings is 2. The van der Waals surface area contributed by atoms with E-state index in [2.05, 4.69) is 0 Å². The SMILES string of the molecule is CCOP(=O)(CC1=C(C)/C(=C/c2ccc([S+](C)[O-])cc2)c2ccc(F)cc21)OCC. The fraction of sp³-hybridized carbons (Fsp3) is 0.304. The number of rotatable bonds is 8. The van der Waals surface area contributed by atoms with Crippen molar-refractivity contribution in [3.63, 3.8) is 0 Å². The zero-order valence-corrected chi connectivity index (χ0v) is 19.3. The molecule has 0 heterocycles. The second-order valence-corrected chi connectivity index (χ2v) is 10.4. The zero-order chi connectivity index (χ0) is 21.9. The molecular formula is C23H26FO4PS. The lowest BCUT2D eigenvalue weighted by Gasteiger charge is -2.18. The first-order valence-electron chi connectivity index (χ1n) is 9.81. The molecule has 3 rings (SSSR count). The number of hydrogen-bond acceptors (Lipinski definition) is 4. The predicted octanol–water partition coefficient (Wildman–Crippen LogP) is 6.16. The van der Waals surface area contributed by atoms with E-state index in [-0.39, 0.29) is 25.2 Å². The molecule has 0 aliphatic heterocycles. The monoisotopic (exact) mass is 448 g/mol. The van der Waals surface area contributed by atoms with Gasteiger partial charge < -0.3 is 13.6 Å². The van der Waals surface area contributed by atoms with Crippen molar-refractivity contribution in [2.75, 3.05) is 25.6 Å². The lowest BCUT2D eigenvalue weighted by atomic mass is 10.0. The van der Waals surface area contributed by atoms with Gasteiger partial charge in [-0.15, -0.1) is 0 Å². The molecule has 0 aromatic heterocycles. The van der Waals surface area contributed by atoms with E-state index >= 15 is 0 Å². The van der Waals surface area contributed by atoms with Crippen LogP contribution in [0.2, 0.25) is 0 Å². The zero-order valence-electron chi connectivity index (χ0n) is 17.6. The van der Waals surface area contributed by atoms with Crippen LogP contribution in [-0.4, -0.2) is 30.2 Å². The van der Waals surface area contributed by atoms with Gasteiger partial charge in [0.25, 0.3) is 0 Å². The third-order valence-electron chi connectivity index (χ3n) is 4.98. The number of halogens is 1. The average molecular weight is 448 g/mol. The van der Waals surface area contributed by atoms with Crippen LogP contribution in [0, 0.1) is 5.82 Å². The van der Waals surface area contributed by atoms with E-state index < -0.39 is 18.8 Å². The maximum Gasteiger partial charge on any atom is 0.335 e. The molecule has 4 nitrogen and oxygen atoms in total. The highest BCUT2D eigenvalue weighted by molar-refractivity contribution is 7.90. The van der Waals surface area contributed by atoms with Crippen molar-refractivity contribution in [2.24, 2.45) is 0 Å². The summed E-state index contributed by atoms with van der Waals surface area (Å²) in [5, 5.41) is 0. The van der Waals surface area contributed by atoms with Crippen LogP contribution in [0.25, 0.3) is 17.2 Å². The molecule has 2 aromatic carbocycles. The summed E-state index contributed by atoms with van der Waals surface area (Å²) < 4.78 is 49.8. The van der Waals surface area contributed by atoms with Gasteiger partial charge in [0, 0.05) is 0 Å². The Kier molecular flexibility index (Phi) is 7.38. The summed E-state index contributed by atoms with van der Waals surface area (Å²) in [5.41, 5.74) is 5.15. The van der Waals surface area contributed by atoms with Crippen molar-refractivity contribution >= 4 is 36.0 Å². The molecule has 0 radical (unpaired) electrons. The second-order valence-electron chi connectivity index (χ2n) is 6.98. The van der Waals surface area contributed by atoms with Crippen LogP contribution >= 0.6 is 7.60 Å². The van der Waals surface area contributed by atoms with Gasteiger partial charge in [-0.1, -0.05) is 6.07 Å². The Balaban J connectivity index is 2.07. The lowest BCUT2D eigenvalue weighted by Crippen LogP contribution is -2.02. The quantitative estimate of drug-likeness (QED) is 0.359. The lowest BCUT2D eigenvalue weighted by molar-refractivity contribution is 0.223. The standard InChI is InChI=1S/C23H26FO4PS/c1-5-27-29(25,28-6-2)15-23-16(3)21(20-12-9-18(24)14-22(20)23)13-17-7-10-19(11-8-17)30(4)26/h7-14H,5-6,15H2,1-4H3/b21-13-. The normalized spacial score (nSPS) is 16.3. The molecule has 1 unspecified atom stereocenters. The molecule has 160 valence electrons. The van der Waals surface area contributed by atoms with Gasteiger partial charge in [-0.05, 0) is 108 Å². The first kappa shape index (κ1) is 23.0. The highest BCUT2D eigenvalue weighted by Crippen LogP contribution is 2.55. The molecule has 2 aromatic rings. The van der Waals surface area contributed by atoms with E-state index in [1.54, 1.807) is 26.2 Å². The van der Waals surface area contributed by atoms with Gasteiger partial charge >= 0.3 is 7.60 Å². The Hall–Kier alpha value is -1.69. The maximum atomic E-state index is 14.1. The van der Waals surface area contributed by atoms with Crippen molar-refractivity contribution in [3.05, 3.63) is 70.5 Å². The van der Waals surface area contributed by atoms with E-state index in [9.17, 15) is 13.5 Å². The number of hydrogen-bond donors (Lipinski definition) is 0. The first-order valence-corrected chi connectivity index (χ1v) is 13.1. The molecule has 1 atom stereocenters. The maximum absolute atomic E-state index is 14.1. The second kappa shape index (κ2) is 9.63. The Morgan fingerprint density at radius 2 is 1.70 bits per heavy atom. The summed E-state index contributed by atoms with van der Waals surface area (Å²) in [4.78, 5) is 0.758. The van der Waals surface area contributed by atoms with Gasteiger partial charge in [-0.2, -0.15) is 0 Å². The van der Waals surface area contributed by atoms with Crippen LogP contribution in [0.3, 0.4) is 0 Å². The van der Waals surface area contributed by atoms with Gasteiger partial charge in [0.1, 0.15) is 12.1 Å². The smallest absolute Gasteiger partial charge is 0.335 e. The third-order valence-corrected chi connectivity index (χ3v) is 7.92. The van der Waals surface area contributed by atoms with E-state index in [0.29, 0.717) is 5.56 Å². The summed E-state index contributed by atoms with van der Waals surface area (Å²) in [5.74, 6) is -0.349. The molecular weight excluding hydrogens is 422 g/mol. The van der Waals surface area contributed by atoms with E-state index in [4.69, 9.17) is 9.05 Å². The molecule has 1 aliphatic rings. The van der Waals surface area contributed by atoms with Gasteiger partial charge in [0.15, 0.2) is 4.90 Å². The molecule has 7 heteroatoms. The van der Waals surface area contributed by atoms with Crippen LogP contribution in [0.15, 0.2) is 52.9 Å². The van der Waals surface area contributed by atoms with Crippen molar-refractivity contribution in [1.29, 1.82) is 0 Å².